The summed E-state index contributed by atoms with van der Waals surface area (Å²) in [4.78, 5) is 11.1. The fraction of sp³-hybridized carbons (Fsp3) is 0.875. The number of carbonyl (C=O) groups is 1. The van der Waals surface area contributed by atoms with Crippen molar-refractivity contribution in [1.82, 2.24) is 10.6 Å². The van der Waals surface area contributed by atoms with Crippen LogP contribution in [-0.2, 0) is 4.79 Å². The van der Waals surface area contributed by atoms with Crippen molar-refractivity contribution in [3.63, 3.8) is 0 Å². The van der Waals surface area contributed by atoms with E-state index in [2.05, 4.69) is 10.6 Å². The van der Waals surface area contributed by atoms with E-state index in [-0.39, 0.29) is 25.7 Å². The van der Waals surface area contributed by atoms with Gasteiger partial charge in [0.1, 0.15) is 0 Å². The van der Waals surface area contributed by atoms with Gasteiger partial charge >= 0.3 is 0 Å². The van der Waals surface area contributed by atoms with Gasteiger partial charge in [0, 0.05) is 6.04 Å². The number of hydrogen-bond acceptors (Lipinski definition) is 4. The van der Waals surface area contributed by atoms with Crippen molar-refractivity contribution in [3.05, 3.63) is 0 Å². The molecule has 0 aliphatic heterocycles. The minimum atomic E-state index is -0.534. The molecule has 0 spiro atoms. The van der Waals surface area contributed by atoms with Crippen LogP contribution in [0.2, 0.25) is 0 Å². The maximum absolute atomic E-state index is 11.1. The molecule has 0 atom stereocenters. The van der Waals surface area contributed by atoms with Crippen molar-refractivity contribution in [2.24, 2.45) is 0 Å². The summed E-state index contributed by atoms with van der Waals surface area (Å²) in [7, 11) is 0. The maximum Gasteiger partial charge on any atom is 0.234 e. The average molecular weight is 188 g/mol. The molecular weight excluding hydrogens is 172 g/mol. The molecule has 13 heavy (non-hydrogen) atoms. The third-order valence-corrected chi connectivity index (χ3v) is 1.93. The van der Waals surface area contributed by atoms with Gasteiger partial charge in [-0.2, -0.15) is 0 Å². The number of nitrogens with one attached hydrogen (secondary N) is 2. The summed E-state index contributed by atoms with van der Waals surface area (Å²) in [5, 5.41) is 22.9. The van der Waals surface area contributed by atoms with Crippen LogP contribution in [0.5, 0.6) is 0 Å². The second-order valence-electron chi connectivity index (χ2n) is 3.28. The van der Waals surface area contributed by atoms with Crippen molar-refractivity contribution >= 4 is 5.91 Å². The van der Waals surface area contributed by atoms with Gasteiger partial charge in [-0.05, 0) is 12.8 Å². The standard InChI is InChI=1S/C8H16N2O3/c11-4-7(5-12)10-8(13)3-9-6-1-2-6/h6-7,9,11-12H,1-5H2,(H,10,13). The van der Waals surface area contributed by atoms with E-state index in [0.717, 1.165) is 12.8 Å². The zero-order valence-electron chi connectivity index (χ0n) is 7.49. The second-order valence-corrected chi connectivity index (χ2v) is 3.28. The van der Waals surface area contributed by atoms with E-state index >= 15 is 0 Å². The van der Waals surface area contributed by atoms with Crippen LogP contribution in [0.15, 0.2) is 0 Å². The summed E-state index contributed by atoms with van der Waals surface area (Å²) in [5.74, 6) is -0.181. The van der Waals surface area contributed by atoms with Gasteiger partial charge in [-0.25, -0.2) is 0 Å². The van der Waals surface area contributed by atoms with E-state index in [1.165, 1.54) is 0 Å². The van der Waals surface area contributed by atoms with Gasteiger partial charge in [0.05, 0.1) is 25.8 Å². The molecule has 0 heterocycles. The van der Waals surface area contributed by atoms with Crippen molar-refractivity contribution in [1.29, 1.82) is 0 Å². The minimum absolute atomic E-state index is 0.181. The van der Waals surface area contributed by atoms with Crippen molar-refractivity contribution in [2.75, 3.05) is 19.8 Å². The first kappa shape index (κ1) is 10.4. The van der Waals surface area contributed by atoms with Crippen molar-refractivity contribution in [3.8, 4) is 0 Å². The Morgan fingerprint density at radius 3 is 2.46 bits per heavy atom. The minimum Gasteiger partial charge on any atom is -0.394 e. The molecule has 5 nitrogen and oxygen atoms in total. The first-order valence-corrected chi connectivity index (χ1v) is 4.50. The number of rotatable bonds is 6. The van der Waals surface area contributed by atoms with Crippen LogP contribution < -0.4 is 10.6 Å². The summed E-state index contributed by atoms with van der Waals surface area (Å²) < 4.78 is 0. The average Bonchev–Trinajstić information content (AvgIpc) is 2.94. The molecule has 1 saturated carbocycles. The fourth-order valence-corrected chi connectivity index (χ4v) is 0.952. The molecule has 0 aromatic heterocycles. The summed E-state index contributed by atoms with van der Waals surface area (Å²) in [6, 6.07) is -0.0408. The molecule has 1 aliphatic rings. The molecule has 0 unspecified atom stereocenters. The van der Waals surface area contributed by atoms with Gasteiger partial charge in [0.25, 0.3) is 0 Å². The zero-order chi connectivity index (χ0) is 9.68. The molecule has 1 fully saturated rings. The van der Waals surface area contributed by atoms with Gasteiger partial charge in [0.2, 0.25) is 5.91 Å². The topological polar surface area (TPSA) is 81.6 Å². The SMILES string of the molecule is O=C(CNC1CC1)NC(CO)CO. The van der Waals surface area contributed by atoms with Gasteiger partial charge in [0.15, 0.2) is 0 Å². The quantitative estimate of drug-likeness (QED) is 0.397. The van der Waals surface area contributed by atoms with E-state index < -0.39 is 6.04 Å². The highest BCUT2D eigenvalue weighted by Gasteiger charge is 2.21. The molecule has 4 N–H and O–H groups in total. The second kappa shape index (κ2) is 5.16. The Labute approximate surface area is 77.1 Å². The summed E-state index contributed by atoms with van der Waals surface area (Å²) in [6.07, 6.45) is 2.27. The number of carbonyl (C=O) groups excluding carboxylic acids is 1. The highest BCUT2D eigenvalue weighted by molar-refractivity contribution is 5.78. The lowest BCUT2D eigenvalue weighted by Crippen LogP contribution is -2.44. The highest BCUT2D eigenvalue weighted by Crippen LogP contribution is 2.17. The van der Waals surface area contributed by atoms with E-state index in [1.54, 1.807) is 0 Å². The van der Waals surface area contributed by atoms with Crippen LogP contribution in [0.25, 0.3) is 0 Å². The Hall–Kier alpha value is -0.650. The Kier molecular flexibility index (Phi) is 4.14. The van der Waals surface area contributed by atoms with E-state index in [4.69, 9.17) is 10.2 Å². The van der Waals surface area contributed by atoms with Crippen LogP contribution in [-0.4, -0.2) is 48.0 Å². The third kappa shape index (κ3) is 4.21. The van der Waals surface area contributed by atoms with E-state index in [0.29, 0.717) is 6.04 Å². The largest absolute Gasteiger partial charge is 0.394 e. The Morgan fingerprint density at radius 1 is 1.38 bits per heavy atom. The molecular formula is C8H16N2O3. The monoisotopic (exact) mass is 188 g/mol. The maximum atomic E-state index is 11.1. The van der Waals surface area contributed by atoms with Gasteiger partial charge in [-0.3, -0.25) is 4.79 Å². The van der Waals surface area contributed by atoms with Crippen LogP contribution in [0, 0.1) is 0 Å². The van der Waals surface area contributed by atoms with E-state index in [1.807, 2.05) is 0 Å². The lowest BCUT2D eigenvalue weighted by atomic mass is 10.3. The molecule has 76 valence electrons. The Balaban J connectivity index is 2.07. The molecule has 1 amide bonds. The molecule has 0 saturated heterocycles. The van der Waals surface area contributed by atoms with Gasteiger partial charge < -0.3 is 20.8 Å². The normalized spacial score (nSPS) is 16.2. The van der Waals surface area contributed by atoms with Crippen molar-refractivity contribution in [2.45, 2.75) is 24.9 Å². The molecule has 5 heteroatoms. The molecule has 0 radical (unpaired) electrons. The summed E-state index contributed by atoms with van der Waals surface area (Å²) in [5.41, 5.74) is 0. The lowest BCUT2D eigenvalue weighted by Gasteiger charge is -2.13. The third-order valence-electron chi connectivity index (χ3n) is 1.93. The van der Waals surface area contributed by atoms with Gasteiger partial charge in [-0.15, -0.1) is 0 Å². The first-order chi connectivity index (χ1) is 6.26. The lowest BCUT2D eigenvalue weighted by molar-refractivity contribution is -0.121. The van der Waals surface area contributed by atoms with Gasteiger partial charge in [-0.1, -0.05) is 0 Å². The Morgan fingerprint density at radius 2 is 2.00 bits per heavy atom. The molecule has 0 aromatic carbocycles. The van der Waals surface area contributed by atoms with Crippen LogP contribution in [0.1, 0.15) is 12.8 Å². The number of aliphatic hydroxyl groups is 2. The Bertz CT molecular complexity index is 167. The van der Waals surface area contributed by atoms with Crippen LogP contribution in [0.4, 0.5) is 0 Å². The predicted molar refractivity (Wildman–Crippen MR) is 47.1 cm³/mol. The molecule has 0 aromatic rings. The fourth-order valence-electron chi connectivity index (χ4n) is 0.952. The summed E-state index contributed by atoms with van der Waals surface area (Å²) in [6.45, 7) is -0.196. The van der Waals surface area contributed by atoms with Crippen LogP contribution >= 0.6 is 0 Å². The predicted octanol–water partition coefficient (Wildman–Crippen LogP) is -1.79. The van der Waals surface area contributed by atoms with Crippen LogP contribution in [0.3, 0.4) is 0 Å². The number of amides is 1. The smallest absolute Gasteiger partial charge is 0.234 e. The molecule has 1 aliphatic carbocycles. The molecule has 0 bridgehead atoms. The molecule has 1 rings (SSSR count). The van der Waals surface area contributed by atoms with Crippen molar-refractivity contribution < 1.29 is 15.0 Å². The highest BCUT2D eigenvalue weighted by atomic mass is 16.3. The summed E-state index contributed by atoms with van der Waals surface area (Å²) >= 11 is 0. The number of aliphatic hydroxyl groups excluding tert-OH is 2. The first-order valence-electron chi connectivity index (χ1n) is 4.50. The van der Waals surface area contributed by atoms with E-state index in [9.17, 15) is 4.79 Å². The zero-order valence-corrected chi connectivity index (χ0v) is 7.49. The number of hydrogen-bond donors (Lipinski definition) is 4.